The summed E-state index contributed by atoms with van der Waals surface area (Å²) in [7, 11) is 0. The van der Waals surface area contributed by atoms with Crippen molar-refractivity contribution in [3.05, 3.63) is 12.7 Å². The fraction of sp³-hybridized carbons (Fsp3) is 0.800. The Kier molecular flexibility index (Phi) is 5.84. The first-order chi connectivity index (χ1) is 8.46. The highest BCUT2D eigenvalue weighted by atomic mass is 16.7. The second kappa shape index (κ2) is 6.92. The van der Waals surface area contributed by atoms with Gasteiger partial charge in [0.1, 0.15) is 6.10 Å². The van der Waals surface area contributed by atoms with Gasteiger partial charge < -0.3 is 9.47 Å². The average Bonchev–Trinajstić information content (AvgIpc) is 2.34. The highest BCUT2D eigenvalue weighted by Gasteiger charge is 2.27. The Morgan fingerprint density at radius 1 is 1.28 bits per heavy atom. The van der Waals surface area contributed by atoms with Gasteiger partial charge in [-0.15, -0.1) is 0 Å². The predicted octanol–water partition coefficient (Wildman–Crippen LogP) is 3.80. The van der Waals surface area contributed by atoms with Crippen LogP contribution in [0.15, 0.2) is 12.7 Å². The highest BCUT2D eigenvalue weighted by molar-refractivity contribution is 4.93. The van der Waals surface area contributed by atoms with Gasteiger partial charge in [-0.3, -0.25) is 0 Å². The van der Waals surface area contributed by atoms with Crippen LogP contribution in [0.2, 0.25) is 0 Å². The van der Waals surface area contributed by atoms with E-state index in [0.717, 1.165) is 12.8 Å². The third-order valence-corrected chi connectivity index (χ3v) is 3.15. The Morgan fingerprint density at radius 3 is 2.33 bits per heavy atom. The molecule has 0 aliphatic heterocycles. The molecule has 3 nitrogen and oxygen atoms in total. The number of ether oxygens (including phenoxy) is 2. The van der Waals surface area contributed by atoms with Crippen molar-refractivity contribution >= 4 is 0 Å². The zero-order valence-electron chi connectivity index (χ0n) is 11.8. The Bertz CT molecular complexity index is 295. The number of nitrogens with zero attached hydrogens (tertiary/aromatic N) is 1. The monoisotopic (exact) mass is 251 g/mol. The summed E-state index contributed by atoms with van der Waals surface area (Å²) < 4.78 is 11.5. The molecule has 1 aliphatic rings. The molecular weight excluding hydrogens is 226 g/mol. The second-order valence-corrected chi connectivity index (χ2v) is 5.92. The maximum atomic E-state index is 9.26. The lowest BCUT2D eigenvalue weighted by Gasteiger charge is -2.31. The summed E-state index contributed by atoms with van der Waals surface area (Å²) in [6.45, 7) is 9.62. The van der Waals surface area contributed by atoms with Crippen molar-refractivity contribution < 1.29 is 9.47 Å². The van der Waals surface area contributed by atoms with E-state index in [1.165, 1.54) is 19.3 Å². The molecule has 0 N–H and O–H groups in total. The molecule has 0 amide bonds. The number of rotatable bonds is 5. The number of nitriles is 1. The van der Waals surface area contributed by atoms with Crippen molar-refractivity contribution in [2.75, 3.05) is 0 Å². The normalized spacial score (nSPS) is 21.0. The third-order valence-electron chi connectivity index (χ3n) is 3.15. The molecule has 0 aromatic carbocycles. The largest absolute Gasteiger partial charge is 0.343 e. The fourth-order valence-electron chi connectivity index (χ4n) is 2.31. The maximum absolute atomic E-state index is 9.26. The first kappa shape index (κ1) is 15.2. The van der Waals surface area contributed by atoms with Crippen molar-refractivity contribution in [3.63, 3.8) is 0 Å². The minimum absolute atomic E-state index is 0.300. The van der Waals surface area contributed by atoms with Crippen LogP contribution in [0.3, 0.4) is 0 Å². The van der Waals surface area contributed by atoms with Crippen molar-refractivity contribution in [2.24, 2.45) is 5.92 Å². The molecule has 1 rings (SSSR count). The van der Waals surface area contributed by atoms with E-state index in [1.807, 2.05) is 20.8 Å². The predicted molar refractivity (Wildman–Crippen MR) is 71.9 cm³/mol. The summed E-state index contributed by atoms with van der Waals surface area (Å²) in [5, 5.41) is 9.26. The van der Waals surface area contributed by atoms with Crippen LogP contribution in [0.1, 0.15) is 52.9 Å². The molecule has 3 heteroatoms. The van der Waals surface area contributed by atoms with Gasteiger partial charge in [0.2, 0.25) is 0 Å². The van der Waals surface area contributed by atoms with Gasteiger partial charge in [-0.2, -0.15) is 5.26 Å². The van der Waals surface area contributed by atoms with Gasteiger partial charge in [0.05, 0.1) is 11.7 Å². The van der Waals surface area contributed by atoms with E-state index < -0.39 is 6.29 Å². The SMILES string of the molecule is C=CC(OC(C#N)C1CCCCC1)OC(C)(C)C. The van der Waals surface area contributed by atoms with Crippen LogP contribution in [-0.2, 0) is 9.47 Å². The van der Waals surface area contributed by atoms with E-state index in [-0.39, 0.29) is 11.7 Å². The first-order valence-corrected chi connectivity index (χ1v) is 6.81. The lowest BCUT2D eigenvalue weighted by Crippen LogP contribution is -2.34. The smallest absolute Gasteiger partial charge is 0.178 e. The van der Waals surface area contributed by atoms with E-state index in [1.54, 1.807) is 6.08 Å². The van der Waals surface area contributed by atoms with Gasteiger partial charge in [0.25, 0.3) is 0 Å². The molecule has 0 saturated heterocycles. The van der Waals surface area contributed by atoms with Crippen LogP contribution in [0.4, 0.5) is 0 Å². The highest BCUT2D eigenvalue weighted by Crippen LogP contribution is 2.29. The molecule has 0 bridgehead atoms. The Labute approximate surface area is 111 Å². The van der Waals surface area contributed by atoms with E-state index >= 15 is 0 Å². The Morgan fingerprint density at radius 2 is 1.89 bits per heavy atom. The summed E-state index contributed by atoms with van der Waals surface area (Å²) in [4.78, 5) is 0. The molecule has 0 spiro atoms. The number of hydrogen-bond acceptors (Lipinski definition) is 3. The van der Waals surface area contributed by atoms with Crippen LogP contribution >= 0.6 is 0 Å². The summed E-state index contributed by atoms with van der Waals surface area (Å²) >= 11 is 0. The van der Waals surface area contributed by atoms with E-state index in [0.29, 0.717) is 5.92 Å². The van der Waals surface area contributed by atoms with Crippen molar-refractivity contribution in [1.82, 2.24) is 0 Å². The van der Waals surface area contributed by atoms with Gasteiger partial charge in [0, 0.05) is 0 Å². The molecule has 2 atom stereocenters. The molecule has 0 aromatic heterocycles. The number of hydrogen-bond donors (Lipinski definition) is 0. The zero-order chi connectivity index (χ0) is 13.6. The molecule has 18 heavy (non-hydrogen) atoms. The van der Waals surface area contributed by atoms with Crippen LogP contribution in [0.25, 0.3) is 0 Å². The molecular formula is C15H25NO2. The second-order valence-electron chi connectivity index (χ2n) is 5.92. The summed E-state index contributed by atoms with van der Waals surface area (Å²) in [6.07, 6.45) is 6.58. The topological polar surface area (TPSA) is 42.2 Å². The standard InChI is InChI=1S/C15H25NO2/c1-5-14(18-15(2,3)4)17-13(11-16)12-9-7-6-8-10-12/h5,12-14H,1,6-10H2,2-4H3. The van der Waals surface area contributed by atoms with Crippen molar-refractivity contribution in [1.29, 1.82) is 5.26 Å². The maximum Gasteiger partial charge on any atom is 0.178 e. The molecule has 0 aromatic rings. The molecule has 1 fully saturated rings. The Balaban J connectivity index is 2.54. The van der Waals surface area contributed by atoms with E-state index in [9.17, 15) is 5.26 Å². The summed E-state index contributed by atoms with van der Waals surface area (Å²) in [5.41, 5.74) is -0.300. The Hall–Kier alpha value is -0.850. The summed E-state index contributed by atoms with van der Waals surface area (Å²) in [6, 6.07) is 2.27. The lowest BCUT2D eigenvalue weighted by atomic mass is 9.85. The van der Waals surface area contributed by atoms with E-state index in [4.69, 9.17) is 9.47 Å². The molecule has 1 saturated carbocycles. The molecule has 1 aliphatic carbocycles. The third kappa shape index (κ3) is 5.20. The van der Waals surface area contributed by atoms with E-state index in [2.05, 4.69) is 12.6 Å². The van der Waals surface area contributed by atoms with Crippen LogP contribution in [-0.4, -0.2) is 18.0 Å². The minimum Gasteiger partial charge on any atom is -0.343 e. The van der Waals surface area contributed by atoms with Gasteiger partial charge in [-0.1, -0.05) is 25.8 Å². The molecule has 102 valence electrons. The summed E-state index contributed by atoms with van der Waals surface area (Å²) in [5.74, 6) is 0.342. The van der Waals surface area contributed by atoms with Gasteiger partial charge in [-0.25, -0.2) is 0 Å². The van der Waals surface area contributed by atoms with Crippen molar-refractivity contribution in [2.45, 2.75) is 70.9 Å². The molecule has 0 heterocycles. The quantitative estimate of drug-likeness (QED) is 0.551. The molecule has 0 radical (unpaired) electrons. The van der Waals surface area contributed by atoms with Crippen LogP contribution in [0.5, 0.6) is 0 Å². The van der Waals surface area contributed by atoms with Gasteiger partial charge >= 0.3 is 0 Å². The minimum atomic E-state index is -0.503. The fourth-order valence-corrected chi connectivity index (χ4v) is 2.31. The van der Waals surface area contributed by atoms with Gasteiger partial charge in [0.15, 0.2) is 6.29 Å². The first-order valence-electron chi connectivity index (χ1n) is 6.81. The zero-order valence-corrected chi connectivity index (χ0v) is 11.8. The van der Waals surface area contributed by atoms with Crippen LogP contribution < -0.4 is 0 Å². The van der Waals surface area contributed by atoms with Crippen molar-refractivity contribution in [3.8, 4) is 6.07 Å². The van der Waals surface area contributed by atoms with Gasteiger partial charge in [-0.05, 0) is 45.6 Å². The van der Waals surface area contributed by atoms with Crippen LogP contribution in [0, 0.1) is 17.2 Å². The average molecular weight is 251 g/mol. The molecule has 2 unspecified atom stereocenters. The lowest BCUT2D eigenvalue weighted by molar-refractivity contribution is -0.189.